The molecule has 3 aliphatic heterocycles. The number of nitrogens with zero attached hydrogens (tertiary/aromatic N) is 1. The molecule has 1 N–H and O–H groups in total. The fourth-order valence-electron chi connectivity index (χ4n) is 5.61. The summed E-state index contributed by atoms with van der Waals surface area (Å²) in [7, 11) is 0. The molecule has 5 nitrogen and oxygen atoms in total. The van der Waals surface area contributed by atoms with E-state index in [1.165, 1.54) is 24.8 Å². The molecule has 1 aliphatic carbocycles. The van der Waals surface area contributed by atoms with Gasteiger partial charge in [-0.15, -0.1) is 0 Å². The van der Waals surface area contributed by atoms with E-state index in [1.54, 1.807) is 5.57 Å². The summed E-state index contributed by atoms with van der Waals surface area (Å²) >= 11 is 0. The van der Waals surface area contributed by atoms with Gasteiger partial charge in [-0.25, -0.2) is 0 Å². The SMILES string of the molecule is C=C(C)[C@@H]1CC=C(CN2CCC3(CCC(CNC(=O)C4CCOCC4)O3)CC2)CC1. The molecule has 0 aromatic rings. The third kappa shape index (κ3) is 5.54. The van der Waals surface area contributed by atoms with E-state index in [9.17, 15) is 4.79 Å². The van der Waals surface area contributed by atoms with Crippen molar-refractivity contribution in [3.05, 3.63) is 23.8 Å². The average molecular weight is 417 g/mol. The summed E-state index contributed by atoms with van der Waals surface area (Å²) in [6, 6.07) is 0. The lowest BCUT2D eigenvalue weighted by atomic mass is 9.84. The summed E-state index contributed by atoms with van der Waals surface area (Å²) in [5.74, 6) is 0.999. The lowest BCUT2D eigenvalue weighted by Gasteiger charge is -2.40. The van der Waals surface area contributed by atoms with E-state index in [0.29, 0.717) is 25.7 Å². The number of carbonyl (C=O) groups is 1. The lowest BCUT2D eigenvalue weighted by Crippen LogP contribution is -2.46. The molecule has 3 fully saturated rings. The van der Waals surface area contributed by atoms with Crippen LogP contribution in [-0.4, -0.2) is 61.9 Å². The van der Waals surface area contributed by atoms with Gasteiger partial charge in [-0.05, 0) is 70.6 Å². The molecule has 3 heterocycles. The van der Waals surface area contributed by atoms with Gasteiger partial charge in [-0.3, -0.25) is 9.69 Å². The van der Waals surface area contributed by atoms with E-state index >= 15 is 0 Å². The van der Waals surface area contributed by atoms with Gasteiger partial charge >= 0.3 is 0 Å². The van der Waals surface area contributed by atoms with Gasteiger partial charge in [-0.1, -0.05) is 23.8 Å². The number of piperidine rings is 1. The van der Waals surface area contributed by atoms with Crippen molar-refractivity contribution in [2.75, 3.05) is 39.4 Å². The molecule has 3 saturated heterocycles. The van der Waals surface area contributed by atoms with Gasteiger partial charge in [0.2, 0.25) is 5.91 Å². The first kappa shape index (κ1) is 22.0. The van der Waals surface area contributed by atoms with Gasteiger partial charge in [0.05, 0.1) is 11.7 Å². The molecule has 1 spiro atoms. The average Bonchev–Trinajstić information content (AvgIpc) is 3.17. The summed E-state index contributed by atoms with van der Waals surface area (Å²) in [6.45, 7) is 11.8. The Morgan fingerprint density at radius 1 is 1.17 bits per heavy atom. The number of ether oxygens (including phenoxy) is 2. The molecule has 4 rings (SSSR count). The Kier molecular flexibility index (Phi) is 7.32. The molecular weight excluding hydrogens is 376 g/mol. The maximum atomic E-state index is 12.4. The normalized spacial score (nSPS) is 30.2. The Balaban J connectivity index is 1.17. The van der Waals surface area contributed by atoms with Crippen LogP contribution in [0, 0.1) is 11.8 Å². The molecular formula is C25H40N2O3. The van der Waals surface area contributed by atoms with Crippen LogP contribution in [0.5, 0.6) is 0 Å². The van der Waals surface area contributed by atoms with Gasteiger partial charge < -0.3 is 14.8 Å². The smallest absolute Gasteiger partial charge is 0.223 e. The van der Waals surface area contributed by atoms with Crippen LogP contribution in [0.15, 0.2) is 23.8 Å². The highest BCUT2D eigenvalue weighted by molar-refractivity contribution is 5.78. The van der Waals surface area contributed by atoms with Crippen molar-refractivity contribution in [1.29, 1.82) is 0 Å². The van der Waals surface area contributed by atoms with Crippen molar-refractivity contribution in [2.45, 2.75) is 76.4 Å². The maximum absolute atomic E-state index is 12.4. The molecule has 1 unspecified atom stereocenters. The molecule has 0 radical (unpaired) electrons. The second-order valence-corrected chi connectivity index (χ2v) is 10.0. The molecule has 4 aliphatic rings. The van der Waals surface area contributed by atoms with E-state index in [2.05, 4.69) is 29.8 Å². The minimum Gasteiger partial charge on any atom is -0.381 e. The van der Waals surface area contributed by atoms with Crippen LogP contribution in [0.1, 0.15) is 64.7 Å². The number of carbonyl (C=O) groups excluding carboxylic acids is 1. The van der Waals surface area contributed by atoms with Crippen LogP contribution in [-0.2, 0) is 14.3 Å². The standard InChI is InChI=1S/C25H40N2O3/c1-19(2)21-5-3-20(4-6-21)18-27-13-11-25(12-14-27)10-7-23(30-25)17-26-24(28)22-8-15-29-16-9-22/h3,21-23H,1,4-18H2,2H3,(H,26,28)/t21-,23?/m1/s1. The van der Waals surface area contributed by atoms with Crippen LogP contribution in [0.2, 0.25) is 0 Å². The second-order valence-electron chi connectivity index (χ2n) is 10.0. The van der Waals surface area contributed by atoms with Gasteiger partial charge in [0.1, 0.15) is 0 Å². The van der Waals surface area contributed by atoms with Gasteiger partial charge in [0, 0.05) is 45.3 Å². The Labute approximate surface area is 182 Å². The summed E-state index contributed by atoms with van der Waals surface area (Å²) in [5.41, 5.74) is 3.00. The zero-order chi connectivity index (χ0) is 21.0. The summed E-state index contributed by atoms with van der Waals surface area (Å²) in [6.07, 6.45) is 12.5. The molecule has 2 atom stereocenters. The number of nitrogens with one attached hydrogen (secondary N) is 1. The van der Waals surface area contributed by atoms with Crippen molar-refractivity contribution >= 4 is 5.91 Å². The van der Waals surface area contributed by atoms with Crippen molar-refractivity contribution in [2.24, 2.45) is 11.8 Å². The van der Waals surface area contributed by atoms with Crippen molar-refractivity contribution in [3.63, 3.8) is 0 Å². The van der Waals surface area contributed by atoms with Crippen LogP contribution >= 0.6 is 0 Å². The zero-order valence-corrected chi connectivity index (χ0v) is 18.8. The monoisotopic (exact) mass is 416 g/mol. The Bertz CT molecular complexity index is 645. The first-order chi connectivity index (χ1) is 14.5. The van der Waals surface area contributed by atoms with E-state index in [1.807, 2.05) is 0 Å². The molecule has 0 aromatic carbocycles. The van der Waals surface area contributed by atoms with Crippen molar-refractivity contribution < 1.29 is 14.3 Å². The predicted octanol–water partition coefficient (Wildman–Crippen LogP) is 3.85. The predicted molar refractivity (Wildman–Crippen MR) is 119 cm³/mol. The number of hydrogen-bond acceptors (Lipinski definition) is 4. The highest BCUT2D eigenvalue weighted by Crippen LogP contribution is 2.39. The molecule has 5 heteroatoms. The molecule has 168 valence electrons. The van der Waals surface area contributed by atoms with Crippen LogP contribution < -0.4 is 5.32 Å². The number of amides is 1. The topological polar surface area (TPSA) is 50.8 Å². The number of likely N-dealkylation sites (tertiary alicyclic amines) is 1. The van der Waals surface area contributed by atoms with Crippen molar-refractivity contribution in [1.82, 2.24) is 10.2 Å². The Hall–Kier alpha value is -1.17. The van der Waals surface area contributed by atoms with E-state index in [4.69, 9.17) is 9.47 Å². The minimum absolute atomic E-state index is 0.0521. The summed E-state index contributed by atoms with van der Waals surface area (Å²) in [5, 5.41) is 3.15. The molecule has 0 saturated carbocycles. The lowest BCUT2D eigenvalue weighted by molar-refractivity contribution is -0.129. The fourth-order valence-corrected chi connectivity index (χ4v) is 5.61. The molecule has 0 aromatic heterocycles. The van der Waals surface area contributed by atoms with Gasteiger partial charge in [0.15, 0.2) is 0 Å². The first-order valence-electron chi connectivity index (χ1n) is 12.1. The number of hydrogen-bond donors (Lipinski definition) is 1. The first-order valence-corrected chi connectivity index (χ1v) is 12.1. The quantitative estimate of drug-likeness (QED) is 0.669. The van der Waals surface area contributed by atoms with E-state index < -0.39 is 0 Å². The summed E-state index contributed by atoms with van der Waals surface area (Å²) < 4.78 is 11.9. The fraction of sp³-hybridized carbons (Fsp3) is 0.800. The highest BCUT2D eigenvalue weighted by Gasteiger charge is 2.42. The summed E-state index contributed by atoms with van der Waals surface area (Å²) in [4.78, 5) is 15.0. The highest BCUT2D eigenvalue weighted by atomic mass is 16.5. The van der Waals surface area contributed by atoms with Crippen molar-refractivity contribution in [3.8, 4) is 0 Å². The van der Waals surface area contributed by atoms with E-state index in [-0.39, 0.29) is 23.5 Å². The minimum atomic E-state index is 0.0521. The molecule has 1 amide bonds. The second kappa shape index (κ2) is 9.97. The number of allylic oxidation sites excluding steroid dienone is 2. The van der Waals surface area contributed by atoms with Crippen LogP contribution in [0.4, 0.5) is 0 Å². The maximum Gasteiger partial charge on any atom is 0.223 e. The van der Waals surface area contributed by atoms with E-state index in [0.717, 1.165) is 58.2 Å². The zero-order valence-electron chi connectivity index (χ0n) is 18.8. The van der Waals surface area contributed by atoms with Gasteiger partial charge in [0.25, 0.3) is 0 Å². The number of rotatable bonds is 6. The van der Waals surface area contributed by atoms with Gasteiger partial charge in [-0.2, -0.15) is 0 Å². The third-order valence-electron chi connectivity index (χ3n) is 7.83. The van der Waals surface area contributed by atoms with Crippen LogP contribution in [0.25, 0.3) is 0 Å². The molecule has 0 bridgehead atoms. The Morgan fingerprint density at radius 3 is 2.60 bits per heavy atom. The Morgan fingerprint density at radius 2 is 1.93 bits per heavy atom. The molecule has 30 heavy (non-hydrogen) atoms. The third-order valence-corrected chi connectivity index (χ3v) is 7.83. The van der Waals surface area contributed by atoms with Crippen LogP contribution in [0.3, 0.4) is 0 Å². The largest absolute Gasteiger partial charge is 0.381 e.